The average Bonchev–Trinajstić information content (AvgIpc) is 3.09. The first-order chi connectivity index (χ1) is 11.0. The largest absolute Gasteiger partial charge is 0.326 e. The highest BCUT2D eigenvalue weighted by molar-refractivity contribution is 6.03. The Bertz CT molecular complexity index is 733. The van der Waals surface area contributed by atoms with E-state index in [-0.39, 0.29) is 11.9 Å². The number of benzene rings is 1. The van der Waals surface area contributed by atoms with E-state index < -0.39 is 0 Å². The number of urea groups is 1. The molecule has 5 heteroatoms. The van der Waals surface area contributed by atoms with Crippen LogP contribution >= 0.6 is 0 Å². The van der Waals surface area contributed by atoms with Crippen molar-refractivity contribution < 1.29 is 4.79 Å². The molecule has 0 spiro atoms. The molecule has 5 nitrogen and oxygen atoms in total. The van der Waals surface area contributed by atoms with Crippen molar-refractivity contribution in [2.45, 2.75) is 39.5 Å². The second kappa shape index (κ2) is 6.07. The number of aryl methyl sites for hydroxylation is 2. The molecule has 0 radical (unpaired) electrons. The van der Waals surface area contributed by atoms with E-state index in [0.29, 0.717) is 0 Å². The minimum Gasteiger partial charge on any atom is -0.304 e. The second-order valence-electron chi connectivity index (χ2n) is 6.40. The molecule has 0 unspecified atom stereocenters. The molecular weight excluding hydrogens is 288 g/mol. The smallest absolute Gasteiger partial charge is 0.304 e. The van der Waals surface area contributed by atoms with Gasteiger partial charge in [-0.05, 0) is 36.0 Å². The molecule has 1 aromatic carbocycles. The third kappa shape index (κ3) is 2.96. The lowest BCUT2D eigenvalue weighted by Crippen LogP contribution is -2.33. The van der Waals surface area contributed by atoms with Crippen LogP contribution in [0.2, 0.25) is 0 Å². The molecule has 2 amide bonds. The first-order valence-electron chi connectivity index (χ1n) is 8.23. The number of rotatable bonds is 3. The van der Waals surface area contributed by atoms with Crippen LogP contribution in [0.15, 0.2) is 24.4 Å². The predicted octanol–water partition coefficient (Wildman–Crippen LogP) is 3.70. The van der Waals surface area contributed by atoms with E-state index in [1.54, 1.807) is 4.68 Å². The maximum absolute atomic E-state index is 12.7. The van der Waals surface area contributed by atoms with Crippen molar-refractivity contribution in [1.82, 2.24) is 9.78 Å². The Kier molecular flexibility index (Phi) is 4.11. The van der Waals surface area contributed by atoms with Crippen molar-refractivity contribution in [1.29, 1.82) is 0 Å². The molecular formula is C18H24N4O. The molecule has 0 fully saturated rings. The zero-order valence-corrected chi connectivity index (χ0v) is 14.3. The van der Waals surface area contributed by atoms with Crippen LogP contribution in [-0.4, -0.2) is 22.4 Å². The van der Waals surface area contributed by atoms with Gasteiger partial charge in [-0.25, -0.2) is 4.79 Å². The molecule has 0 bridgehead atoms. The van der Waals surface area contributed by atoms with Crippen LogP contribution in [0.1, 0.15) is 43.5 Å². The highest BCUT2D eigenvalue weighted by atomic mass is 16.2. The van der Waals surface area contributed by atoms with E-state index in [9.17, 15) is 4.79 Å². The summed E-state index contributed by atoms with van der Waals surface area (Å²) < 4.78 is 1.75. The first kappa shape index (κ1) is 15.6. The number of nitrogens with one attached hydrogen (secondary N) is 1. The fourth-order valence-corrected chi connectivity index (χ4v) is 3.10. The zero-order valence-electron chi connectivity index (χ0n) is 14.3. The number of aromatic nitrogens is 2. The summed E-state index contributed by atoms with van der Waals surface area (Å²) in [4.78, 5) is 14.5. The summed E-state index contributed by atoms with van der Waals surface area (Å²) in [6, 6.07) is 6.30. The number of fused-ring (bicyclic) bond motifs is 1. The number of carbonyl (C=O) groups is 1. The maximum atomic E-state index is 12.7. The van der Waals surface area contributed by atoms with Gasteiger partial charge in [0, 0.05) is 25.5 Å². The monoisotopic (exact) mass is 312 g/mol. The summed E-state index contributed by atoms with van der Waals surface area (Å²) in [6.45, 7) is 7.04. The molecule has 3 rings (SSSR count). The molecule has 2 heterocycles. The van der Waals surface area contributed by atoms with Crippen LogP contribution in [0, 0.1) is 0 Å². The van der Waals surface area contributed by atoms with Crippen molar-refractivity contribution in [3.8, 4) is 0 Å². The molecule has 1 N–H and O–H groups in total. The van der Waals surface area contributed by atoms with E-state index in [0.717, 1.165) is 36.5 Å². The van der Waals surface area contributed by atoms with Gasteiger partial charge in [0.05, 0.1) is 11.4 Å². The molecule has 0 aliphatic carbocycles. The fraction of sp³-hybridized carbons (Fsp3) is 0.444. The Morgan fingerprint density at radius 2 is 2.17 bits per heavy atom. The van der Waals surface area contributed by atoms with Crippen molar-refractivity contribution in [3.63, 3.8) is 0 Å². The van der Waals surface area contributed by atoms with Gasteiger partial charge in [0.1, 0.15) is 0 Å². The molecule has 1 aliphatic heterocycles. The van der Waals surface area contributed by atoms with Crippen LogP contribution < -0.4 is 10.2 Å². The summed E-state index contributed by atoms with van der Waals surface area (Å²) in [6.07, 6.45) is 3.80. The normalized spacial score (nSPS) is 13.5. The number of anilines is 2. The Hall–Kier alpha value is -2.30. The van der Waals surface area contributed by atoms with Crippen molar-refractivity contribution >= 4 is 17.4 Å². The lowest BCUT2D eigenvalue weighted by molar-refractivity contribution is 0.257. The van der Waals surface area contributed by atoms with Gasteiger partial charge in [-0.15, -0.1) is 0 Å². The van der Waals surface area contributed by atoms with Crippen LogP contribution in [0.3, 0.4) is 0 Å². The van der Waals surface area contributed by atoms with E-state index in [2.05, 4.69) is 49.4 Å². The minimum atomic E-state index is -0.0806. The van der Waals surface area contributed by atoms with Gasteiger partial charge < -0.3 is 5.32 Å². The predicted molar refractivity (Wildman–Crippen MR) is 93.2 cm³/mol. The number of nitrogens with zero attached hydrogens (tertiary/aromatic N) is 3. The first-order valence-corrected chi connectivity index (χ1v) is 8.23. The fourth-order valence-electron chi connectivity index (χ4n) is 3.10. The van der Waals surface area contributed by atoms with Crippen LogP contribution in [0.5, 0.6) is 0 Å². The van der Waals surface area contributed by atoms with Gasteiger partial charge >= 0.3 is 6.03 Å². The van der Waals surface area contributed by atoms with Crippen LogP contribution in [0.25, 0.3) is 0 Å². The summed E-state index contributed by atoms with van der Waals surface area (Å²) in [7, 11) is 1.87. The minimum absolute atomic E-state index is 0.0806. The molecule has 23 heavy (non-hydrogen) atoms. The van der Waals surface area contributed by atoms with Crippen LogP contribution in [0.4, 0.5) is 16.2 Å². The van der Waals surface area contributed by atoms with Gasteiger partial charge in [0.2, 0.25) is 0 Å². The maximum Gasteiger partial charge on any atom is 0.326 e. The Labute approximate surface area is 137 Å². The van der Waals surface area contributed by atoms with E-state index in [1.807, 2.05) is 18.1 Å². The lowest BCUT2D eigenvalue weighted by atomic mass is 10.1. The number of carbonyl (C=O) groups excluding carboxylic acids is 1. The summed E-state index contributed by atoms with van der Waals surface area (Å²) in [5.74, 6) is 0.268. The van der Waals surface area contributed by atoms with Gasteiger partial charge in [-0.1, -0.05) is 32.9 Å². The molecule has 1 aromatic heterocycles. The molecule has 0 saturated heterocycles. The highest BCUT2D eigenvalue weighted by Crippen LogP contribution is 2.30. The second-order valence-corrected chi connectivity index (χ2v) is 6.40. The highest BCUT2D eigenvalue weighted by Gasteiger charge is 2.26. The van der Waals surface area contributed by atoms with E-state index >= 15 is 0 Å². The zero-order chi connectivity index (χ0) is 16.6. The third-order valence-electron chi connectivity index (χ3n) is 4.34. The number of hydrogen-bond donors (Lipinski definition) is 1. The van der Waals surface area contributed by atoms with E-state index in [1.165, 1.54) is 11.1 Å². The quantitative estimate of drug-likeness (QED) is 0.939. The van der Waals surface area contributed by atoms with Crippen molar-refractivity contribution in [3.05, 3.63) is 41.2 Å². The van der Waals surface area contributed by atoms with Gasteiger partial charge in [0.25, 0.3) is 0 Å². The Balaban J connectivity index is 1.81. The van der Waals surface area contributed by atoms with Gasteiger partial charge in [-0.2, -0.15) is 5.10 Å². The van der Waals surface area contributed by atoms with Crippen molar-refractivity contribution in [2.24, 2.45) is 7.05 Å². The van der Waals surface area contributed by atoms with E-state index in [4.69, 9.17) is 0 Å². The summed E-state index contributed by atoms with van der Waals surface area (Å²) in [5, 5.41) is 7.47. The SMILES string of the molecule is CCc1ccc2c(c1)CCN2C(=O)Nc1cn(C)nc1C(C)C. The molecule has 1 aliphatic rings. The van der Waals surface area contributed by atoms with Gasteiger partial charge in [0.15, 0.2) is 0 Å². The molecule has 2 aromatic rings. The Morgan fingerprint density at radius 1 is 1.39 bits per heavy atom. The molecule has 0 atom stereocenters. The van der Waals surface area contributed by atoms with Gasteiger partial charge in [-0.3, -0.25) is 9.58 Å². The third-order valence-corrected chi connectivity index (χ3v) is 4.34. The average molecular weight is 312 g/mol. The molecule has 122 valence electrons. The summed E-state index contributed by atoms with van der Waals surface area (Å²) >= 11 is 0. The standard InChI is InChI=1S/C18H24N4O/c1-5-13-6-7-16-14(10-13)8-9-22(16)18(23)19-15-11-21(4)20-17(15)12(2)3/h6-7,10-12H,5,8-9H2,1-4H3,(H,19,23). The topological polar surface area (TPSA) is 50.2 Å². The summed E-state index contributed by atoms with van der Waals surface area (Å²) in [5.41, 5.74) is 5.32. The van der Waals surface area contributed by atoms with Crippen LogP contribution in [-0.2, 0) is 19.9 Å². The van der Waals surface area contributed by atoms with Crippen molar-refractivity contribution in [2.75, 3.05) is 16.8 Å². The molecule has 0 saturated carbocycles. The lowest BCUT2D eigenvalue weighted by Gasteiger charge is -2.18. The number of amides is 2. The number of hydrogen-bond acceptors (Lipinski definition) is 2. The Morgan fingerprint density at radius 3 is 2.87 bits per heavy atom.